The number of piperazine rings is 2. The highest BCUT2D eigenvalue weighted by molar-refractivity contribution is 6.45. The number of H-pyrrole nitrogens is 1. The molecule has 4 aromatic carbocycles. The number of amides is 4. The number of nitrogens with zero attached hydrogens (tertiary/aromatic N) is 4. The first kappa shape index (κ1) is 43.5. The van der Waals surface area contributed by atoms with Crippen LogP contribution in [0.5, 0.6) is 0 Å². The van der Waals surface area contributed by atoms with Gasteiger partial charge < -0.3 is 39.7 Å². The number of ketones is 2. The number of carboxylic acid groups (broad SMARTS) is 1. The molecule has 3 aliphatic rings. The van der Waals surface area contributed by atoms with Crippen molar-refractivity contribution < 1.29 is 48.2 Å². The molecule has 5 aromatic rings. The second-order valence-corrected chi connectivity index (χ2v) is 15.6. The van der Waals surface area contributed by atoms with Gasteiger partial charge in [-0.05, 0) is 55.8 Å². The zero-order chi connectivity index (χ0) is 44.9. The van der Waals surface area contributed by atoms with Gasteiger partial charge in [-0.2, -0.15) is 0 Å². The minimum atomic E-state index is -1.09. The van der Waals surface area contributed by atoms with Crippen molar-refractivity contribution in [1.29, 1.82) is 0 Å². The number of esters is 1. The molecular formula is C47H46N6O10. The highest BCUT2D eigenvalue weighted by Gasteiger charge is 2.40. The van der Waals surface area contributed by atoms with Gasteiger partial charge in [-0.1, -0.05) is 60.7 Å². The lowest BCUT2D eigenvalue weighted by Crippen LogP contribution is -2.57. The zero-order valence-electron chi connectivity index (χ0n) is 34.9. The first-order valence-electron chi connectivity index (χ1n) is 20.5. The van der Waals surface area contributed by atoms with Crippen molar-refractivity contribution in [1.82, 2.24) is 24.6 Å². The number of methoxy groups -OCH3 is 1. The van der Waals surface area contributed by atoms with Crippen molar-refractivity contribution >= 4 is 63.7 Å². The Morgan fingerprint density at radius 3 is 1.71 bits per heavy atom. The molecule has 4 heterocycles. The molecule has 4 amide bonds. The van der Waals surface area contributed by atoms with E-state index in [4.69, 9.17) is 4.74 Å². The van der Waals surface area contributed by atoms with Crippen LogP contribution in [0.1, 0.15) is 77.1 Å². The molecular weight excluding hydrogens is 809 g/mol. The maximum absolute atomic E-state index is 13.0. The Kier molecular flexibility index (Phi) is 12.8. The van der Waals surface area contributed by atoms with Crippen LogP contribution in [-0.2, 0) is 19.1 Å². The van der Waals surface area contributed by atoms with E-state index in [0.29, 0.717) is 59.5 Å². The maximum atomic E-state index is 13.0. The van der Waals surface area contributed by atoms with E-state index in [1.165, 1.54) is 29.2 Å². The number of aromatic amines is 1. The number of carboxylic acids is 1. The van der Waals surface area contributed by atoms with Crippen LogP contribution < -0.4 is 5.32 Å². The summed E-state index contributed by atoms with van der Waals surface area (Å²) in [5.74, 6) is -4.99. The normalized spacial score (nSPS) is 18.0. The van der Waals surface area contributed by atoms with Crippen LogP contribution in [0.4, 0.5) is 5.69 Å². The Hall–Kier alpha value is -7.62. The summed E-state index contributed by atoms with van der Waals surface area (Å²) >= 11 is 0. The highest BCUT2D eigenvalue weighted by Crippen LogP contribution is 2.35. The third kappa shape index (κ3) is 8.78. The van der Waals surface area contributed by atoms with E-state index in [-0.39, 0.29) is 60.2 Å². The minimum Gasteiger partial charge on any atom is -0.478 e. The zero-order valence-corrected chi connectivity index (χ0v) is 34.9. The molecule has 3 aliphatic heterocycles. The van der Waals surface area contributed by atoms with Gasteiger partial charge in [0.2, 0.25) is 5.78 Å². The number of Topliss-reactive ketones (excluding diaryl/α,β-unsaturated/α-hetero) is 2. The molecule has 63 heavy (non-hydrogen) atoms. The Labute approximate surface area is 362 Å². The summed E-state index contributed by atoms with van der Waals surface area (Å²) in [6.07, 6.45) is 1.44. The van der Waals surface area contributed by atoms with Crippen LogP contribution in [0.3, 0.4) is 0 Å². The van der Waals surface area contributed by atoms with Crippen molar-refractivity contribution in [2.45, 2.75) is 31.8 Å². The Bertz CT molecular complexity index is 2610. The molecule has 16 nitrogen and oxygen atoms in total. The van der Waals surface area contributed by atoms with Gasteiger partial charge >= 0.3 is 11.9 Å². The quantitative estimate of drug-likeness (QED) is 0.114. The average molecular weight is 855 g/mol. The summed E-state index contributed by atoms with van der Waals surface area (Å²) in [6.45, 7) is 5.73. The van der Waals surface area contributed by atoms with Crippen molar-refractivity contribution in [3.05, 3.63) is 137 Å². The number of carbonyl (C=O) groups excluding carboxylic acids is 7. The number of para-hydroxylation sites is 2. The van der Waals surface area contributed by atoms with Crippen LogP contribution in [0.15, 0.2) is 103 Å². The smallest absolute Gasteiger partial charge is 0.339 e. The number of ether oxygens (including phenoxy) is 1. The van der Waals surface area contributed by atoms with Gasteiger partial charge in [0.1, 0.15) is 0 Å². The van der Waals surface area contributed by atoms with Gasteiger partial charge in [0, 0.05) is 80.6 Å². The molecule has 0 aliphatic carbocycles. The number of hydrogen-bond donors (Lipinski definition) is 3. The van der Waals surface area contributed by atoms with Crippen molar-refractivity contribution in [3.8, 4) is 0 Å². The summed E-state index contributed by atoms with van der Waals surface area (Å²) in [5.41, 5.74) is 3.13. The number of anilines is 1. The molecule has 16 heteroatoms. The number of aromatic nitrogens is 1. The van der Waals surface area contributed by atoms with E-state index < -0.39 is 41.2 Å². The van der Waals surface area contributed by atoms with E-state index in [0.717, 1.165) is 0 Å². The van der Waals surface area contributed by atoms with Gasteiger partial charge in [-0.3, -0.25) is 28.8 Å². The van der Waals surface area contributed by atoms with Gasteiger partial charge in [0.05, 0.1) is 40.9 Å². The SMILES string of the molecule is COC(=O)c1cccc2c(C(=O)C(=O)N3CCN(C(=O)c4ccccc4)C[C@H]3C)c[nH]c12.C[C@@H]1CN(C(=O)c2ccccc2)CCN1C(=O)C(=O)C1CNc2c(C(=O)O)cccc21. The highest BCUT2D eigenvalue weighted by atomic mass is 16.5. The van der Waals surface area contributed by atoms with Crippen molar-refractivity contribution in [3.63, 3.8) is 0 Å². The number of rotatable bonds is 8. The standard InChI is InChI=1S/C24H23N3O5.C23H23N3O5/c1-15-14-26(22(29)16-7-4-3-5-8-16)11-12-27(15)23(30)21(28)19-13-25-20-17(19)9-6-10-18(20)24(31)32-2;1-14-13-25(21(28)15-6-3-2-4-7-15)10-11-26(14)22(29)20(27)18-12-24-19-16(18)8-5-9-17(19)23(30)31/h3-10,13,15,25H,11-12,14H2,1-2H3;2-9,14,18,24H,10-13H2,1H3,(H,30,31)/t15-;14-,18?/m11/s1. The van der Waals surface area contributed by atoms with Crippen LogP contribution in [0.2, 0.25) is 0 Å². The summed E-state index contributed by atoms with van der Waals surface area (Å²) in [6, 6.07) is 26.9. The summed E-state index contributed by atoms with van der Waals surface area (Å²) in [4.78, 5) is 110. The van der Waals surface area contributed by atoms with Gasteiger partial charge in [-0.25, -0.2) is 9.59 Å². The molecule has 2 fully saturated rings. The first-order chi connectivity index (χ1) is 30.3. The molecule has 2 saturated heterocycles. The molecule has 324 valence electrons. The first-order valence-corrected chi connectivity index (χ1v) is 20.5. The number of nitrogens with one attached hydrogen (secondary N) is 2. The maximum Gasteiger partial charge on any atom is 0.339 e. The second kappa shape index (κ2) is 18.6. The lowest BCUT2D eigenvalue weighted by atomic mass is 9.94. The number of carbonyl (C=O) groups is 8. The lowest BCUT2D eigenvalue weighted by Gasteiger charge is -2.39. The van der Waals surface area contributed by atoms with Crippen molar-refractivity contribution in [2.75, 3.05) is 58.2 Å². The van der Waals surface area contributed by atoms with E-state index >= 15 is 0 Å². The topological polar surface area (TPSA) is 207 Å². The van der Waals surface area contributed by atoms with E-state index in [1.54, 1.807) is 76.5 Å². The minimum absolute atomic E-state index is 0.0849. The number of benzene rings is 4. The summed E-state index contributed by atoms with van der Waals surface area (Å²) < 4.78 is 4.78. The molecule has 1 unspecified atom stereocenters. The van der Waals surface area contributed by atoms with Gasteiger partial charge in [-0.15, -0.1) is 0 Å². The number of aromatic carboxylic acids is 1. The van der Waals surface area contributed by atoms with Crippen LogP contribution in [0.25, 0.3) is 10.9 Å². The van der Waals surface area contributed by atoms with E-state index in [2.05, 4.69) is 10.3 Å². The number of fused-ring (bicyclic) bond motifs is 2. The van der Waals surface area contributed by atoms with E-state index in [1.807, 2.05) is 38.1 Å². The molecule has 0 radical (unpaired) electrons. The molecule has 0 bridgehead atoms. The number of hydrogen-bond acceptors (Lipinski definition) is 10. The molecule has 0 saturated carbocycles. The predicted octanol–water partition coefficient (Wildman–Crippen LogP) is 4.35. The largest absolute Gasteiger partial charge is 0.478 e. The van der Waals surface area contributed by atoms with Crippen LogP contribution in [0, 0.1) is 0 Å². The molecule has 3 atom stereocenters. The fourth-order valence-electron chi connectivity index (χ4n) is 8.36. The summed E-state index contributed by atoms with van der Waals surface area (Å²) in [5, 5.41) is 12.8. The lowest BCUT2D eigenvalue weighted by molar-refractivity contribution is -0.148. The second-order valence-electron chi connectivity index (χ2n) is 15.6. The van der Waals surface area contributed by atoms with E-state index in [9.17, 15) is 43.5 Å². The monoisotopic (exact) mass is 854 g/mol. The molecule has 3 N–H and O–H groups in total. The average Bonchev–Trinajstić information content (AvgIpc) is 3.96. The molecule has 1 aromatic heterocycles. The fraction of sp³-hybridized carbons (Fsp3) is 0.277. The Balaban J connectivity index is 0.000000189. The van der Waals surface area contributed by atoms with Crippen LogP contribution in [-0.4, -0.2) is 142 Å². The molecule has 8 rings (SSSR count). The van der Waals surface area contributed by atoms with Crippen LogP contribution >= 0.6 is 0 Å². The Morgan fingerprint density at radius 2 is 1.17 bits per heavy atom. The summed E-state index contributed by atoms with van der Waals surface area (Å²) in [7, 11) is 1.28. The fourth-order valence-corrected chi connectivity index (χ4v) is 8.36. The third-order valence-electron chi connectivity index (χ3n) is 11.7. The molecule has 0 spiro atoms. The van der Waals surface area contributed by atoms with Gasteiger partial charge in [0.25, 0.3) is 29.4 Å². The third-order valence-corrected chi connectivity index (χ3v) is 11.7. The predicted molar refractivity (Wildman–Crippen MR) is 231 cm³/mol. The van der Waals surface area contributed by atoms with Gasteiger partial charge in [0.15, 0.2) is 0 Å². The van der Waals surface area contributed by atoms with Crippen molar-refractivity contribution in [2.24, 2.45) is 0 Å². The Morgan fingerprint density at radius 1 is 0.635 bits per heavy atom.